The lowest BCUT2D eigenvalue weighted by atomic mass is 10.1. The fourth-order valence-electron chi connectivity index (χ4n) is 4.01. The van der Waals surface area contributed by atoms with Gasteiger partial charge in [0.1, 0.15) is 5.82 Å². The van der Waals surface area contributed by atoms with E-state index < -0.39 is 0 Å². The molecule has 4 heterocycles. The first kappa shape index (κ1) is 18.7. The Labute approximate surface area is 163 Å². The molecule has 0 aliphatic carbocycles. The Hall–Kier alpha value is -1.61. The van der Waals surface area contributed by atoms with Gasteiger partial charge in [0.25, 0.3) is 5.91 Å². The lowest BCUT2D eigenvalue weighted by Gasteiger charge is -2.36. The van der Waals surface area contributed by atoms with Gasteiger partial charge in [-0.05, 0) is 12.8 Å². The summed E-state index contributed by atoms with van der Waals surface area (Å²) in [5.41, 5.74) is 0. The molecule has 2 fully saturated rings. The second kappa shape index (κ2) is 8.60. The Bertz CT molecular complexity index is 689. The number of hydrogen-bond donors (Lipinski definition) is 0. The highest BCUT2D eigenvalue weighted by Gasteiger charge is 2.34. The van der Waals surface area contributed by atoms with E-state index in [1.54, 1.807) is 4.90 Å². The van der Waals surface area contributed by atoms with E-state index in [4.69, 9.17) is 4.74 Å². The van der Waals surface area contributed by atoms with Gasteiger partial charge in [-0.3, -0.25) is 9.59 Å². The lowest BCUT2D eigenvalue weighted by Crippen LogP contribution is -2.52. The van der Waals surface area contributed by atoms with Crippen molar-refractivity contribution < 1.29 is 14.3 Å². The molecule has 0 bridgehead atoms. The van der Waals surface area contributed by atoms with Crippen molar-refractivity contribution >= 4 is 23.6 Å². The van der Waals surface area contributed by atoms with Crippen molar-refractivity contribution in [2.45, 2.75) is 44.7 Å². The fourth-order valence-corrected chi connectivity index (χ4v) is 4.91. The molecule has 0 radical (unpaired) electrons. The second-order valence-corrected chi connectivity index (χ2v) is 8.55. The molecule has 0 saturated carbocycles. The zero-order valence-electron chi connectivity index (χ0n) is 15.6. The highest BCUT2D eigenvalue weighted by atomic mass is 32.2. The van der Waals surface area contributed by atoms with Crippen LogP contribution >= 0.6 is 11.8 Å². The van der Waals surface area contributed by atoms with E-state index >= 15 is 0 Å². The molecule has 27 heavy (non-hydrogen) atoms. The van der Waals surface area contributed by atoms with Gasteiger partial charge in [0.05, 0.1) is 19.3 Å². The van der Waals surface area contributed by atoms with Crippen LogP contribution in [0.1, 0.15) is 42.1 Å². The fraction of sp³-hybridized carbons (Fsp3) is 0.778. The molecule has 1 aromatic rings. The number of hydrogen-bond acceptors (Lipinski definition) is 6. The number of aromatic nitrogens is 3. The van der Waals surface area contributed by atoms with Crippen LogP contribution in [0.5, 0.6) is 0 Å². The molecule has 3 aliphatic rings. The van der Waals surface area contributed by atoms with E-state index in [0.717, 1.165) is 62.6 Å². The summed E-state index contributed by atoms with van der Waals surface area (Å²) in [6, 6.07) is -0.230. The normalized spacial score (nSPS) is 23.6. The number of ether oxygens (including phenoxy) is 1. The summed E-state index contributed by atoms with van der Waals surface area (Å²) < 4.78 is 7.57. The van der Waals surface area contributed by atoms with Crippen LogP contribution in [0.3, 0.4) is 0 Å². The van der Waals surface area contributed by atoms with Crippen LogP contribution in [-0.2, 0) is 22.5 Å². The van der Waals surface area contributed by atoms with Crippen LogP contribution in [0.2, 0.25) is 0 Å². The minimum atomic E-state index is -0.230. The third kappa shape index (κ3) is 4.13. The topological polar surface area (TPSA) is 80.6 Å². The quantitative estimate of drug-likeness (QED) is 0.756. The van der Waals surface area contributed by atoms with Crippen LogP contribution in [0.15, 0.2) is 0 Å². The van der Waals surface area contributed by atoms with E-state index in [0.29, 0.717) is 32.0 Å². The number of amides is 2. The van der Waals surface area contributed by atoms with E-state index in [-0.39, 0.29) is 17.9 Å². The zero-order chi connectivity index (χ0) is 18.6. The van der Waals surface area contributed by atoms with Crippen molar-refractivity contribution in [2.75, 3.05) is 44.4 Å². The number of fused-ring (bicyclic) bond motifs is 1. The lowest BCUT2D eigenvalue weighted by molar-refractivity contribution is -0.133. The number of morpholine rings is 1. The van der Waals surface area contributed by atoms with Crippen molar-refractivity contribution in [2.24, 2.45) is 0 Å². The Morgan fingerprint density at radius 1 is 1.07 bits per heavy atom. The molecule has 148 valence electrons. The maximum Gasteiger partial charge on any atom is 0.292 e. The number of carbonyl (C=O) groups is 2. The molecule has 9 heteroatoms. The largest absolute Gasteiger partial charge is 0.377 e. The van der Waals surface area contributed by atoms with Crippen molar-refractivity contribution in [1.82, 2.24) is 24.6 Å². The van der Waals surface area contributed by atoms with Crippen LogP contribution in [0.4, 0.5) is 0 Å². The number of thioether (sulfide) groups is 1. The van der Waals surface area contributed by atoms with Gasteiger partial charge in [-0.1, -0.05) is 6.42 Å². The summed E-state index contributed by atoms with van der Waals surface area (Å²) >= 11 is 1.88. The molecule has 0 N–H and O–H groups in total. The maximum absolute atomic E-state index is 13.2. The van der Waals surface area contributed by atoms with E-state index in [1.807, 2.05) is 21.2 Å². The van der Waals surface area contributed by atoms with Crippen LogP contribution in [0, 0.1) is 0 Å². The summed E-state index contributed by atoms with van der Waals surface area (Å²) in [6.45, 7) is 3.78. The average molecular weight is 394 g/mol. The molecular weight excluding hydrogens is 366 g/mol. The van der Waals surface area contributed by atoms with Crippen molar-refractivity contribution in [3.05, 3.63) is 11.6 Å². The number of carbonyl (C=O) groups excluding carboxylic acids is 2. The first-order chi connectivity index (χ1) is 13.2. The molecule has 0 unspecified atom stereocenters. The summed E-state index contributed by atoms with van der Waals surface area (Å²) in [5.74, 6) is 3.29. The Kier molecular flexibility index (Phi) is 5.97. The molecule has 1 atom stereocenters. The van der Waals surface area contributed by atoms with Crippen molar-refractivity contribution in [1.29, 1.82) is 0 Å². The van der Waals surface area contributed by atoms with Crippen LogP contribution < -0.4 is 0 Å². The molecule has 2 amide bonds. The molecule has 4 rings (SSSR count). The summed E-state index contributed by atoms with van der Waals surface area (Å²) in [7, 11) is 0. The number of nitrogens with zero attached hydrogens (tertiary/aromatic N) is 5. The van der Waals surface area contributed by atoms with Gasteiger partial charge < -0.3 is 19.1 Å². The second-order valence-electron chi connectivity index (χ2n) is 7.33. The van der Waals surface area contributed by atoms with E-state index in [2.05, 4.69) is 10.2 Å². The smallest absolute Gasteiger partial charge is 0.292 e. The first-order valence-electron chi connectivity index (χ1n) is 9.90. The highest BCUT2D eigenvalue weighted by molar-refractivity contribution is 7.99. The Morgan fingerprint density at radius 2 is 1.93 bits per heavy atom. The van der Waals surface area contributed by atoms with Gasteiger partial charge in [0, 0.05) is 50.5 Å². The maximum atomic E-state index is 13.2. The molecule has 2 saturated heterocycles. The zero-order valence-corrected chi connectivity index (χ0v) is 16.5. The predicted octanol–water partition coefficient (Wildman–Crippen LogP) is 0.811. The minimum Gasteiger partial charge on any atom is -0.377 e. The molecule has 1 aromatic heterocycles. The number of rotatable bonds is 3. The van der Waals surface area contributed by atoms with Gasteiger partial charge in [-0.2, -0.15) is 11.8 Å². The molecular formula is C18H27N5O3S. The van der Waals surface area contributed by atoms with Gasteiger partial charge in [-0.15, -0.1) is 10.2 Å². The molecule has 0 spiro atoms. The van der Waals surface area contributed by atoms with E-state index in [9.17, 15) is 9.59 Å². The first-order valence-corrected chi connectivity index (χ1v) is 11.1. The van der Waals surface area contributed by atoms with Crippen molar-refractivity contribution in [3.8, 4) is 0 Å². The molecule has 3 aliphatic heterocycles. The molecule has 0 aromatic carbocycles. The van der Waals surface area contributed by atoms with Gasteiger partial charge >= 0.3 is 0 Å². The highest BCUT2D eigenvalue weighted by Crippen LogP contribution is 2.20. The Morgan fingerprint density at radius 3 is 2.78 bits per heavy atom. The monoisotopic (exact) mass is 393 g/mol. The van der Waals surface area contributed by atoms with E-state index in [1.165, 1.54) is 0 Å². The summed E-state index contributed by atoms with van der Waals surface area (Å²) in [6.07, 6.45) is 4.48. The standard InChI is InChI=1S/C18H27N5O3S/c24-16(21-7-10-27-11-8-21)12-14-13-26-9-6-22(14)18(25)17-20-19-15-4-2-1-3-5-23(15)17/h14H,1-13H2/t14-/m1/s1. The van der Waals surface area contributed by atoms with Crippen molar-refractivity contribution in [3.63, 3.8) is 0 Å². The predicted molar refractivity (Wildman–Crippen MR) is 102 cm³/mol. The number of aryl methyl sites for hydroxylation is 1. The van der Waals surface area contributed by atoms with Gasteiger partial charge in [0.15, 0.2) is 0 Å². The van der Waals surface area contributed by atoms with Gasteiger partial charge in [-0.25, -0.2) is 0 Å². The average Bonchev–Trinajstić information content (AvgIpc) is 2.96. The molecule has 8 nitrogen and oxygen atoms in total. The van der Waals surface area contributed by atoms with Crippen LogP contribution in [-0.4, -0.2) is 86.8 Å². The third-order valence-corrected chi connectivity index (χ3v) is 6.51. The summed E-state index contributed by atoms with van der Waals surface area (Å²) in [4.78, 5) is 29.6. The van der Waals surface area contributed by atoms with Crippen LogP contribution in [0.25, 0.3) is 0 Å². The summed E-state index contributed by atoms with van der Waals surface area (Å²) in [5, 5.41) is 8.45. The van der Waals surface area contributed by atoms with Gasteiger partial charge in [0.2, 0.25) is 11.7 Å². The Balaban J connectivity index is 1.48. The third-order valence-electron chi connectivity index (χ3n) is 5.56. The minimum absolute atomic E-state index is 0.115. The SMILES string of the molecule is O=C(C[C@@H]1COCCN1C(=O)c1nnc2n1CCCCC2)N1CCSCC1.